The molecule has 0 N–H and O–H groups in total. The Kier molecular flexibility index (Phi) is 5.07. The number of hydrogen-bond donors (Lipinski definition) is 0. The molecule has 0 atom stereocenters. The van der Waals surface area contributed by atoms with Gasteiger partial charge in [0.2, 0.25) is 11.7 Å². The fraction of sp³-hybridized carbons (Fsp3) is 0.364. The van der Waals surface area contributed by atoms with Crippen LogP contribution < -0.4 is 5.56 Å². The number of nitrogens with zero attached hydrogens (tertiary/aromatic N) is 6. The number of carbonyl (C=O) groups excluding carboxylic acids is 1. The zero-order chi connectivity index (χ0) is 21.5. The van der Waals surface area contributed by atoms with Gasteiger partial charge in [-0.05, 0) is 23.9 Å². The topological polar surface area (TPSA) is 75.7 Å². The Bertz CT molecular complexity index is 1310. The van der Waals surface area contributed by atoms with E-state index in [1.165, 1.54) is 16.9 Å². The Balaban J connectivity index is 1.28. The second kappa shape index (κ2) is 7.90. The second-order valence-corrected chi connectivity index (χ2v) is 8.99. The van der Waals surface area contributed by atoms with Crippen molar-refractivity contribution in [1.82, 2.24) is 29.0 Å². The third-order valence-corrected chi connectivity index (χ3v) is 6.85. The molecule has 1 saturated heterocycles. The number of benzene rings is 1. The molecule has 0 spiro atoms. The van der Waals surface area contributed by atoms with Crippen LogP contribution in [0.4, 0.5) is 0 Å². The summed E-state index contributed by atoms with van der Waals surface area (Å²) in [5, 5.41) is 10.6. The highest BCUT2D eigenvalue weighted by atomic mass is 32.1. The first-order valence-corrected chi connectivity index (χ1v) is 11.2. The van der Waals surface area contributed by atoms with Crippen molar-refractivity contribution in [2.75, 3.05) is 26.2 Å². The van der Waals surface area contributed by atoms with Gasteiger partial charge in [-0.25, -0.2) is 0 Å². The molecule has 160 valence electrons. The van der Waals surface area contributed by atoms with Crippen LogP contribution in [-0.4, -0.2) is 61.1 Å². The zero-order valence-electron chi connectivity index (χ0n) is 17.6. The molecule has 1 aliphatic heterocycles. The van der Waals surface area contributed by atoms with Crippen molar-refractivity contribution in [3.8, 4) is 0 Å². The predicted octanol–water partition coefficient (Wildman–Crippen LogP) is 1.84. The molecule has 8 nitrogen and oxygen atoms in total. The maximum atomic E-state index is 12.7. The van der Waals surface area contributed by atoms with Gasteiger partial charge in [-0.1, -0.05) is 29.8 Å². The van der Waals surface area contributed by atoms with Crippen LogP contribution in [0.25, 0.3) is 16.0 Å². The Hall–Kier alpha value is -3.04. The van der Waals surface area contributed by atoms with E-state index in [1.807, 2.05) is 51.9 Å². The molecule has 1 amide bonds. The van der Waals surface area contributed by atoms with Crippen molar-refractivity contribution in [2.45, 2.75) is 19.9 Å². The van der Waals surface area contributed by atoms with Gasteiger partial charge in [-0.3, -0.25) is 23.5 Å². The van der Waals surface area contributed by atoms with E-state index in [0.29, 0.717) is 36.5 Å². The molecule has 3 aromatic heterocycles. The van der Waals surface area contributed by atoms with Gasteiger partial charge in [-0.15, -0.1) is 21.5 Å². The first-order chi connectivity index (χ1) is 15.0. The van der Waals surface area contributed by atoms with E-state index in [9.17, 15) is 9.59 Å². The van der Waals surface area contributed by atoms with Gasteiger partial charge >= 0.3 is 0 Å². The van der Waals surface area contributed by atoms with Gasteiger partial charge in [0.25, 0.3) is 5.56 Å². The number of thiophene rings is 1. The lowest BCUT2D eigenvalue weighted by molar-refractivity contribution is -0.132. The highest BCUT2D eigenvalue weighted by Gasteiger charge is 2.23. The third-order valence-electron chi connectivity index (χ3n) is 5.96. The number of rotatable bonds is 4. The summed E-state index contributed by atoms with van der Waals surface area (Å²) in [6.45, 7) is 5.65. The van der Waals surface area contributed by atoms with Crippen molar-refractivity contribution >= 4 is 33.2 Å². The van der Waals surface area contributed by atoms with Gasteiger partial charge in [0.15, 0.2) is 5.82 Å². The fourth-order valence-corrected chi connectivity index (χ4v) is 4.95. The highest BCUT2D eigenvalue weighted by Crippen LogP contribution is 2.20. The zero-order valence-corrected chi connectivity index (χ0v) is 18.4. The molecule has 0 bridgehead atoms. The lowest BCUT2D eigenvalue weighted by Gasteiger charge is -2.34. The number of aromatic nitrogens is 4. The van der Waals surface area contributed by atoms with Gasteiger partial charge in [0.05, 0.1) is 18.5 Å². The molecule has 31 heavy (non-hydrogen) atoms. The van der Waals surface area contributed by atoms with Crippen molar-refractivity contribution in [1.29, 1.82) is 0 Å². The molecule has 0 aliphatic carbocycles. The van der Waals surface area contributed by atoms with Crippen molar-refractivity contribution in [3.63, 3.8) is 0 Å². The molecule has 4 heterocycles. The van der Waals surface area contributed by atoms with Crippen molar-refractivity contribution < 1.29 is 4.79 Å². The first-order valence-electron chi connectivity index (χ1n) is 10.4. The molecule has 1 aromatic carbocycles. The standard InChI is InChI=1S/C22H24N6O2S/c1-15-3-5-16(6-4-15)13-19(29)27-10-8-26(9-11-27)14-18-23-24-22-25(2)21(30)20-17(28(18)22)7-12-31-20/h3-7,12H,8-11,13-14H2,1-2H3. The van der Waals surface area contributed by atoms with Gasteiger partial charge in [0.1, 0.15) is 4.70 Å². The Morgan fingerprint density at radius 1 is 1.06 bits per heavy atom. The lowest BCUT2D eigenvalue weighted by atomic mass is 10.1. The molecular weight excluding hydrogens is 412 g/mol. The maximum absolute atomic E-state index is 12.7. The molecule has 0 radical (unpaired) electrons. The number of piperazine rings is 1. The highest BCUT2D eigenvalue weighted by molar-refractivity contribution is 7.17. The normalized spacial score (nSPS) is 15.2. The van der Waals surface area contributed by atoms with Gasteiger partial charge in [0, 0.05) is 33.2 Å². The summed E-state index contributed by atoms with van der Waals surface area (Å²) < 4.78 is 4.24. The average Bonchev–Trinajstić information content (AvgIpc) is 3.41. The molecule has 1 fully saturated rings. The minimum atomic E-state index is -0.0443. The van der Waals surface area contributed by atoms with Crippen LogP contribution in [0.15, 0.2) is 40.5 Å². The van der Waals surface area contributed by atoms with Gasteiger partial charge in [-0.2, -0.15) is 0 Å². The van der Waals surface area contributed by atoms with Crippen molar-refractivity contribution in [3.05, 3.63) is 63.0 Å². The fourth-order valence-electron chi connectivity index (χ4n) is 4.10. The average molecular weight is 437 g/mol. The predicted molar refractivity (Wildman–Crippen MR) is 120 cm³/mol. The molecule has 4 aromatic rings. The van der Waals surface area contributed by atoms with E-state index < -0.39 is 0 Å². The smallest absolute Gasteiger partial charge is 0.272 e. The van der Waals surface area contributed by atoms with Crippen LogP contribution in [0.1, 0.15) is 17.0 Å². The summed E-state index contributed by atoms with van der Waals surface area (Å²) in [4.78, 5) is 29.4. The first kappa shape index (κ1) is 19.9. The summed E-state index contributed by atoms with van der Waals surface area (Å²) in [5.41, 5.74) is 3.07. The third kappa shape index (κ3) is 3.64. The number of amides is 1. The van der Waals surface area contributed by atoms with E-state index in [4.69, 9.17) is 0 Å². The molecule has 9 heteroatoms. The number of fused-ring (bicyclic) bond motifs is 3. The molecule has 5 rings (SSSR count). The largest absolute Gasteiger partial charge is 0.340 e. The summed E-state index contributed by atoms with van der Waals surface area (Å²) in [5.74, 6) is 1.54. The summed E-state index contributed by atoms with van der Waals surface area (Å²) >= 11 is 1.44. The van der Waals surface area contributed by atoms with E-state index in [-0.39, 0.29) is 11.5 Å². The van der Waals surface area contributed by atoms with Crippen LogP contribution in [0.5, 0.6) is 0 Å². The second-order valence-electron chi connectivity index (χ2n) is 8.07. The summed E-state index contributed by atoms with van der Waals surface area (Å²) in [6, 6.07) is 10.1. The van der Waals surface area contributed by atoms with Gasteiger partial charge < -0.3 is 4.90 Å². The van der Waals surface area contributed by atoms with E-state index in [0.717, 1.165) is 30.0 Å². The van der Waals surface area contributed by atoms with Crippen LogP contribution in [0.2, 0.25) is 0 Å². The van der Waals surface area contributed by atoms with Crippen LogP contribution >= 0.6 is 11.3 Å². The number of aryl methyl sites for hydroxylation is 2. The minimum absolute atomic E-state index is 0.0443. The summed E-state index contributed by atoms with van der Waals surface area (Å²) in [7, 11) is 1.73. The maximum Gasteiger partial charge on any atom is 0.272 e. The van der Waals surface area contributed by atoms with Crippen LogP contribution in [-0.2, 0) is 24.8 Å². The molecular formula is C22H24N6O2S. The summed E-state index contributed by atoms with van der Waals surface area (Å²) in [6.07, 6.45) is 0.444. The van der Waals surface area contributed by atoms with Crippen LogP contribution in [0, 0.1) is 6.92 Å². The minimum Gasteiger partial charge on any atom is -0.340 e. The van der Waals surface area contributed by atoms with E-state index in [2.05, 4.69) is 15.1 Å². The van der Waals surface area contributed by atoms with E-state index >= 15 is 0 Å². The Morgan fingerprint density at radius 2 is 1.81 bits per heavy atom. The number of hydrogen-bond acceptors (Lipinski definition) is 6. The number of carbonyl (C=O) groups is 1. The SMILES string of the molecule is Cc1ccc(CC(=O)N2CCN(Cc3nnc4n(C)c(=O)c5sccc5n34)CC2)cc1. The monoisotopic (exact) mass is 436 g/mol. The Morgan fingerprint density at radius 3 is 2.55 bits per heavy atom. The molecule has 1 aliphatic rings. The molecule has 0 saturated carbocycles. The van der Waals surface area contributed by atoms with E-state index in [1.54, 1.807) is 11.6 Å². The Labute approximate surface area is 183 Å². The lowest BCUT2D eigenvalue weighted by Crippen LogP contribution is -2.48. The quantitative estimate of drug-likeness (QED) is 0.488. The molecule has 0 unspecified atom stereocenters. The van der Waals surface area contributed by atoms with Crippen LogP contribution in [0.3, 0.4) is 0 Å². The van der Waals surface area contributed by atoms with Crippen molar-refractivity contribution in [2.24, 2.45) is 7.05 Å².